The molecule has 0 bridgehead atoms. The zero-order chi connectivity index (χ0) is 17.7. The highest BCUT2D eigenvalue weighted by Gasteiger charge is 2.39. The number of aryl methyl sites for hydroxylation is 1. The fourth-order valence-corrected chi connectivity index (χ4v) is 3.13. The van der Waals surface area contributed by atoms with E-state index in [0.29, 0.717) is 0 Å². The van der Waals surface area contributed by atoms with Crippen molar-refractivity contribution < 1.29 is 27.2 Å². The fourth-order valence-electron chi connectivity index (χ4n) is 1.97. The van der Waals surface area contributed by atoms with E-state index in [1.807, 2.05) is 6.92 Å². The third kappa shape index (κ3) is 3.77. The molecule has 1 N–H and O–H groups in total. The smallest absolute Gasteiger partial charge is 0.418 e. The number of nitrogens with one attached hydrogen (secondary N) is 1. The van der Waals surface area contributed by atoms with E-state index in [0.717, 1.165) is 12.7 Å². The van der Waals surface area contributed by atoms with Gasteiger partial charge in [0.05, 0.1) is 18.3 Å². The van der Waals surface area contributed by atoms with E-state index >= 15 is 0 Å². The number of methoxy groups -OCH3 is 1. The first-order valence-electron chi connectivity index (χ1n) is 6.81. The highest BCUT2D eigenvalue weighted by molar-refractivity contribution is 7.89. The van der Waals surface area contributed by atoms with E-state index in [1.54, 1.807) is 12.1 Å². The SMILES string of the molecule is COC(=O)C(=[N+]=[N-])C(NS(=O)(=O)c1ccc(C)cc1)c1ccco1. The molecule has 8 nitrogen and oxygen atoms in total. The van der Waals surface area contributed by atoms with Gasteiger partial charge < -0.3 is 14.7 Å². The van der Waals surface area contributed by atoms with Crippen molar-refractivity contribution in [2.24, 2.45) is 0 Å². The van der Waals surface area contributed by atoms with Crippen LogP contribution in [0.2, 0.25) is 0 Å². The normalized spacial score (nSPS) is 12.2. The zero-order valence-electron chi connectivity index (χ0n) is 13.0. The minimum absolute atomic E-state index is 0.00758. The topological polar surface area (TPSA) is 122 Å². The van der Waals surface area contributed by atoms with Crippen molar-refractivity contribution in [2.75, 3.05) is 7.11 Å². The van der Waals surface area contributed by atoms with Crippen LogP contribution in [0.3, 0.4) is 0 Å². The Kier molecular flexibility index (Phi) is 5.30. The number of carbonyl (C=O) groups excluding carboxylic acids is 1. The zero-order valence-corrected chi connectivity index (χ0v) is 13.8. The van der Waals surface area contributed by atoms with Crippen LogP contribution in [-0.4, -0.2) is 32.0 Å². The van der Waals surface area contributed by atoms with E-state index in [2.05, 4.69) is 14.2 Å². The van der Waals surface area contributed by atoms with Gasteiger partial charge in [-0.1, -0.05) is 17.7 Å². The summed E-state index contributed by atoms with van der Waals surface area (Å²) < 4.78 is 37.0. The van der Waals surface area contributed by atoms with Crippen LogP contribution in [0.15, 0.2) is 52.0 Å². The van der Waals surface area contributed by atoms with Crippen LogP contribution in [0.4, 0.5) is 0 Å². The van der Waals surface area contributed by atoms with Gasteiger partial charge in [0.1, 0.15) is 5.76 Å². The van der Waals surface area contributed by atoms with Crippen molar-refractivity contribution in [2.45, 2.75) is 17.9 Å². The lowest BCUT2D eigenvalue weighted by Crippen LogP contribution is -2.38. The van der Waals surface area contributed by atoms with Gasteiger partial charge in [-0.3, -0.25) is 0 Å². The summed E-state index contributed by atoms with van der Waals surface area (Å²) in [6.45, 7) is 1.82. The number of sulfonamides is 1. The van der Waals surface area contributed by atoms with Gasteiger partial charge >= 0.3 is 11.7 Å². The number of hydrogen-bond acceptors (Lipinski definition) is 5. The quantitative estimate of drug-likeness (QED) is 0.366. The monoisotopic (exact) mass is 349 g/mol. The van der Waals surface area contributed by atoms with Crippen LogP contribution < -0.4 is 4.72 Å². The van der Waals surface area contributed by atoms with Crippen LogP contribution in [0.25, 0.3) is 5.53 Å². The second-order valence-corrected chi connectivity index (χ2v) is 6.57. The Labute approximate surface area is 138 Å². The molecule has 0 aliphatic heterocycles. The molecule has 1 heterocycles. The Balaban J connectivity index is 2.44. The predicted octanol–water partition coefficient (Wildman–Crippen LogP) is 1.45. The van der Waals surface area contributed by atoms with Crippen LogP contribution in [0.5, 0.6) is 0 Å². The molecule has 0 fully saturated rings. The van der Waals surface area contributed by atoms with Crippen LogP contribution in [0.1, 0.15) is 17.4 Å². The second-order valence-electron chi connectivity index (χ2n) is 4.86. The molecule has 1 aromatic carbocycles. The van der Waals surface area contributed by atoms with Gasteiger partial charge in [0.2, 0.25) is 10.0 Å². The Hall–Kier alpha value is -2.74. The molecular weight excluding hydrogens is 334 g/mol. The number of carbonyl (C=O) groups is 1. The van der Waals surface area contributed by atoms with Gasteiger partial charge in [0.25, 0.3) is 0 Å². The van der Waals surface area contributed by atoms with Crippen molar-refractivity contribution in [1.29, 1.82) is 0 Å². The Bertz CT molecular complexity index is 866. The van der Waals surface area contributed by atoms with Gasteiger partial charge in [0.15, 0.2) is 6.04 Å². The molecule has 9 heteroatoms. The number of benzene rings is 1. The van der Waals surface area contributed by atoms with E-state index in [9.17, 15) is 13.2 Å². The summed E-state index contributed by atoms with van der Waals surface area (Å²) in [5.41, 5.74) is 9.45. The minimum atomic E-state index is -4.01. The molecular formula is C15H15N3O5S. The maximum atomic E-state index is 12.5. The third-order valence-corrected chi connectivity index (χ3v) is 4.65. The summed E-state index contributed by atoms with van der Waals surface area (Å²) in [6.07, 6.45) is 1.30. The van der Waals surface area contributed by atoms with Gasteiger partial charge in [-0.05, 0) is 31.2 Å². The van der Waals surface area contributed by atoms with E-state index in [4.69, 9.17) is 9.95 Å². The second kappa shape index (κ2) is 7.22. The molecule has 0 spiro atoms. The van der Waals surface area contributed by atoms with Crippen molar-refractivity contribution >= 4 is 21.7 Å². The average Bonchev–Trinajstić information content (AvgIpc) is 3.09. The van der Waals surface area contributed by atoms with Crippen LogP contribution in [0, 0.1) is 6.92 Å². The van der Waals surface area contributed by atoms with Crippen LogP contribution in [-0.2, 0) is 19.6 Å². The van der Waals surface area contributed by atoms with E-state index < -0.39 is 27.7 Å². The number of esters is 1. The molecule has 1 unspecified atom stereocenters. The molecule has 0 saturated heterocycles. The lowest BCUT2D eigenvalue weighted by Gasteiger charge is -2.12. The summed E-state index contributed by atoms with van der Waals surface area (Å²) in [4.78, 5) is 14.6. The van der Waals surface area contributed by atoms with Crippen molar-refractivity contribution in [1.82, 2.24) is 4.72 Å². The summed E-state index contributed by atoms with van der Waals surface area (Å²) in [6, 6.07) is 7.72. The molecule has 0 aliphatic rings. The Morgan fingerprint density at radius 3 is 2.46 bits per heavy atom. The standard InChI is InChI=1S/C15H15N3O5S/c1-10-5-7-11(8-6-10)24(20,21)18-13(12-4-3-9-23-12)14(17-16)15(19)22-2/h3-9,13,18H,1-2H3. The number of ether oxygens (including phenoxy) is 1. The summed E-state index contributed by atoms with van der Waals surface area (Å²) in [7, 11) is -2.92. The van der Waals surface area contributed by atoms with E-state index in [1.165, 1.54) is 30.5 Å². The Morgan fingerprint density at radius 2 is 1.96 bits per heavy atom. The van der Waals surface area contributed by atoms with Crippen LogP contribution >= 0.6 is 0 Å². The Morgan fingerprint density at radius 1 is 1.29 bits per heavy atom. The number of hydrogen-bond donors (Lipinski definition) is 1. The molecule has 24 heavy (non-hydrogen) atoms. The highest BCUT2D eigenvalue weighted by Crippen LogP contribution is 2.20. The number of rotatable bonds is 6. The van der Waals surface area contributed by atoms with Crippen molar-refractivity contribution in [3.63, 3.8) is 0 Å². The highest BCUT2D eigenvalue weighted by atomic mass is 32.2. The molecule has 126 valence electrons. The van der Waals surface area contributed by atoms with Gasteiger partial charge in [-0.25, -0.2) is 13.2 Å². The third-order valence-electron chi connectivity index (χ3n) is 3.21. The first-order valence-corrected chi connectivity index (χ1v) is 8.30. The first kappa shape index (κ1) is 17.6. The summed E-state index contributed by atoms with van der Waals surface area (Å²) >= 11 is 0. The van der Waals surface area contributed by atoms with Crippen molar-refractivity contribution in [3.05, 3.63) is 59.5 Å². The summed E-state index contributed by atoms with van der Waals surface area (Å²) in [5.74, 6) is -0.922. The number of nitrogens with zero attached hydrogens (tertiary/aromatic N) is 2. The van der Waals surface area contributed by atoms with Gasteiger partial charge in [0, 0.05) is 0 Å². The minimum Gasteiger partial charge on any atom is -0.467 e. The molecule has 1 atom stereocenters. The predicted molar refractivity (Wildman–Crippen MR) is 83.6 cm³/mol. The molecule has 2 rings (SSSR count). The van der Waals surface area contributed by atoms with E-state index in [-0.39, 0.29) is 10.7 Å². The lowest BCUT2D eigenvalue weighted by atomic mass is 10.1. The van der Waals surface area contributed by atoms with Gasteiger partial charge in [-0.15, -0.1) is 0 Å². The molecule has 2 aromatic rings. The molecule has 0 amide bonds. The molecule has 0 saturated carbocycles. The average molecular weight is 349 g/mol. The molecule has 1 aromatic heterocycles. The van der Waals surface area contributed by atoms with Crippen molar-refractivity contribution in [3.8, 4) is 0 Å². The lowest BCUT2D eigenvalue weighted by molar-refractivity contribution is -0.138. The number of furan rings is 1. The van der Waals surface area contributed by atoms with Gasteiger partial charge in [-0.2, -0.15) is 9.51 Å². The molecule has 0 radical (unpaired) electrons. The molecule has 0 aliphatic carbocycles. The fraction of sp³-hybridized carbons (Fsp3) is 0.200. The largest absolute Gasteiger partial charge is 0.467 e. The first-order chi connectivity index (χ1) is 11.4. The maximum absolute atomic E-state index is 12.5. The summed E-state index contributed by atoms with van der Waals surface area (Å²) in [5, 5.41) is 0. The maximum Gasteiger partial charge on any atom is 0.418 e.